The molecule has 4 nitrogen and oxygen atoms in total. The number of carbonyl (C=O) groups is 2. The maximum Gasteiger partial charge on any atom is 0.307 e. The second-order valence-corrected chi connectivity index (χ2v) is 5.63. The van der Waals surface area contributed by atoms with E-state index < -0.39 is 11.9 Å². The van der Waals surface area contributed by atoms with Crippen LogP contribution in [0.5, 0.6) is 0 Å². The smallest absolute Gasteiger partial charge is 0.307 e. The van der Waals surface area contributed by atoms with Gasteiger partial charge in [0.15, 0.2) is 0 Å². The molecule has 2 N–H and O–H groups in total. The standard InChI is InChI=1S/C19H20O4.Th/c20-18(21)12-16-8-4-14(5-9-16)2-1-3-15-6-10-17(11-7-15)13-19(22)23;/h4-11H,1-3,12-13H2,(H,20,21)(H,22,23);. The quantitative estimate of drug-likeness (QED) is 0.536. The van der Waals surface area contributed by atoms with Gasteiger partial charge in [-0.1, -0.05) is 48.5 Å². The van der Waals surface area contributed by atoms with E-state index in [1.165, 1.54) is 11.1 Å². The van der Waals surface area contributed by atoms with Crippen LogP contribution in [0.2, 0.25) is 0 Å². The van der Waals surface area contributed by atoms with E-state index in [0.717, 1.165) is 30.4 Å². The van der Waals surface area contributed by atoms with E-state index in [0.29, 0.717) is 0 Å². The molecule has 2 rings (SSSR count). The second kappa shape index (κ2) is 10.5. The van der Waals surface area contributed by atoms with Gasteiger partial charge < -0.3 is 10.2 Å². The number of hydrogen-bond acceptors (Lipinski definition) is 2. The van der Waals surface area contributed by atoms with Gasteiger partial charge in [-0.25, -0.2) is 0 Å². The van der Waals surface area contributed by atoms with Crippen LogP contribution in [0.4, 0.5) is 0 Å². The van der Waals surface area contributed by atoms with Gasteiger partial charge in [0.25, 0.3) is 0 Å². The summed E-state index contributed by atoms with van der Waals surface area (Å²) >= 11 is 0. The Kier molecular flexibility index (Phi) is 9.12. The van der Waals surface area contributed by atoms with E-state index in [-0.39, 0.29) is 52.8 Å². The van der Waals surface area contributed by atoms with Crippen LogP contribution in [0.1, 0.15) is 28.7 Å². The van der Waals surface area contributed by atoms with E-state index in [1.807, 2.05) is 48.5 Å². The van der Waals surface area contributed by atoms with Gasteiger partial charge in [0, 0.05) is 39.9 Å². The molecular weight excluding hydrogens is 524 g/mol. The molecule has 0 saturated heterocycles. The molecule has 0 fully saturated rings. The van der Waals surface area contributed by atoms with Gasteiger partial charge >= 0.3 is 11.9 Å². The summed E-state index contributed by atoms with van der Waals surface area (Å²) in [4.78, 5) is 21.3. The number of carboxylic acid groups (broad SMARTS) is 2. The van der Waals surface area contributed by atoms with Crippen LogP contribution >= 0.6 is 0 Å². The van der Waals surface area contributed by atoms with Crippen molar-refractivity contribution in [1.82, 2.24) is 0 Å². The molecule has 0 aromatic heterocycles. The Hall–Kier alpha value is -1.30. The van der Waals surface area contributed by atoms with E-state index in [4.69, 9.17) is 10.2 Å². The molecule has 0 aliphatic rings. The molecule has 0 bridgehead atoms. The van der Waals surface area contributed by atoms with Crippen LogP contribution in [0, 0.1) is 39.9 Å². The first kappa shape index (κ1) is 20.7. The zero-order chi connectivity index (χ0) is 16.7. The number of hydrogen-bond donors (Lipinski definition) is 2. The zero-order valence-corrected chi connectivity index (χ0v) is 17.5. The Balaban J connectivity index is 0.00000288. The Morgan fingerprint density at radius 3 is 1.21 bits per heavy atom. The first-order valence-electron chi connectivity index (χ1n) is 7.62. The molecule has 0 aliphatic carbocycles. The molecule has 0 amide bonds. The Morgan fingerprint density at radius 1 is 0.625 bits per heavy atom. The van der Waals surface area contributed by atoms with Crippen molar-refractivity contribution < 1.29 is 59.7 Å². The van der Waals surface area contributed by atoms with Gasteiger partial charge in [0.1, 0.15) is 0 Å². The molecule has 0 atom stereocenters. The Labute approximate surface area is 173 Å². The van der Waals surface area contributed by atoms with E-state index in [1.54, 1.807) is 0 Å². The van der Waals surface area contributed by atoms with Crippen molar-refractivity contribution in [2.24, 2.45) is 0 Å². The fourth-order valence-electron chi connectivity index (χ4n) is 2.49. The zero-order valence-electron chi connectivity index (χ0n) is 13.4. The van der Waals surface area contributed by atoms with E-state index >= 15 is 0 Å². The maximum atomic E-state index is 10.6. The van der Waals surface area contributed by atoms with Crippen LogP contribution < -0.4 is 0 Å². The van der Waals surface area contributed by atoms with Crippen molar-refractivity contribution in [2.45, 2.75) is 32.1 Å². The fourth-order valence-corrected chi connectivity index (χ4v) is 2.49. The maximum absolute atomic E-state index is 10.6. The fraction of sp³-hybridized carbons (Fsp3) is 0.263. The molecular formula is C19H20O4Th. The van der Waals surface area contributed by atoms with Crippen LogP contribution in [-0.2, 0) is 35.3 Å². The van der Waals surface area contributed by atoms with Gasteiger partial charge in [0.05, 0.1) is 12.8 Å². The van der Waals surface area contributed by atoms with Crippen molar-refractivity contribution in [3.05, 3.63) is 70.8 Å². The van der Waals surface area contributed by atoms with Crippen molar-refractivity contribution in [2.75, 3.05) is 0 Å². The summed E-state index contributed by atoms with van der Waals surface area (Å²) in [5.74, 6) is -1.63. The van der Waals surface area contributed by atoms with Crippen molar-refractivity contribution in [3.8, 4) is 0 Å². The molecule has 0 radical (unpaired) electrons. The van der Waals surface area contributed by atoms with Gasteiger partial charge in [-0.2, -0.15) is 0 Å². The van der Waals surface area contributed by atoms with Crippen LogP contribution in [0.3, 0.4) is 0 Å². The average molecular weight is 544 g/mol. The summed E-state index contributed by atoms with van der Waals surface area (Å²) < 4.78 is 0. The first-order valence-corrected chi connectivity index (χ1v) is 7.62. The van der Waals surface area contributed by atoms with Crippen LogP contribution in [0.15, 0.2) is 48.5 Å². The number of aliphatic carboxylic acids is 2. The van der Waals surface area contributed by atoms with E-state index in [9.17, 15) is 9.59 Å². The normalized spacial score (nSPS) is 10.0. The van der Waals surface area contributed by atoms with Crippen molar-refractivity contribution in [3.63, 3.8) is 0 Å². The average Bonchev–Trinajstić information content (AvgIpc) is 2.50. The third kappa shape index (κ3) is 7.52. The third-order valence-corrected chi connectivity index (χ3v) is 3.69. The molecule has 0 aliphatic heterocycles. The number of rotatable bonds is 8. The summed E-state index contributed by atoms with van der Waals surface area (Å²) in [6.45, 7) is 0. The van der Waals surface area contributed by atoms with Crippen molar-refractivity contribution >= 4 is 11.9 Å². The number of carboxylic acids is 2. The molecule has 0 unspecified atom stereocenters. The van der Waals surface area contributed by atoms with Crippen LogP contribution in [0.25, 0.3) is 0 Å². The van der Waals surface area contributed by atoms with Gasteiger partial charge in [-0.3, -0.25) is 9.59 Å². The summed E-state index contributed by atoms with van der Waals surface area (Å²) in [5.41, 5.74) is 4.02. The minimum absolute atomic E-state index is 0. The summed E-state index contributed by atoms with van der Waals surface area (Å²) in [6.07, 6.45) is 2.98. The SMILES string of the molecule is O=C(O)Cc1ccc(CCCc2ccc(CC(=O)O)cc2)cc1.[Th]. The molecule has 0 saturated carbocycles. The summed E-state index contributed by atoms with van der Waals surface area (Å²) in [5, 5.41) is 17.5. The van der Waals surface area contributed by atoms with E-state index in [2.05, 4.69) is 0 Å². The molecule has 0 heterocycles. The van der Waals surface area contributed by atoms with Gasteiger partial charge in [0.2, 0.25) is 0 Å². The van der Waals surface area contributed by atoms with Crippen molar-refractivity contribution in [1.29, 1.82) is 0 Å². The third-order valence-electron chi connectivity index (χ3n) is 3.69. The van der Waals surface area contributed by atoms with Gasteiger partial charge in [-0.15, -0.1) is 0 Å². The van der Waals surface area contributed by atoms with Crippen LogP contribution in [-0.4, -0.2) is 22.2 Å². The predicted octanol–water partition coefficient (Wildman–Crippen LogP) is 3.12. The molecule has 2 aromatic carbocycles. The second-order valence-electron chi connectivity index (χ2n) is 5.63. The minimum Gasteiger partial charge on any atom is -0.481 e. The Bertz CT molecular complexity index is 603. The summed E-state index contributed by atoms with van der Waals surface area (Å²) in [7, 11) is 0. The minimum atomic E-state index is -0.816. The first-order chi connectivity index (χ1) is 11.0. The van der Waals surface area contributed by atoms with Gasteiger partial charge in [-0.05, 0) is 41.5 Å². The monoisotopic (exact) mass is 544 g/mol. The molecule has 124 valence electrons. The molecule has 24 heavy (non-hydrogen) atoms. The largest absolute Gasteiger partial charge is 0.481 e. The number of benzene rings is 2. The predicted molar refractivity (Wildman–Crippen MR) is 87.6 cm³/mol. The molecule has 0 spiro atoms. The number of aryl methyl sites for hydroxylation is 2. The molecule has 5 heteroatoms. The molecule has 2 aromatic rings. The summed E-state index contributed by atoms with van der Waals surface area (Å²) in [6, 6.07) is 15.4. The topological polar surface area (TPSA) is 74.6 Å². The Morgan fingerprint density at radius 2 is 0.917 bits per heavy atom.